The summed E-state index contributed by atoms with van der Waals surface area (Å²) in [6.07, 6.45) is 2.39. The van der Waals surface area contributed by atoms with Gasteiger partial charge in [0.1, 0.15) is 24.0 Å². The number of carbonyl (C=O) groups excluding carboxylic acids is 1. The molecule has 0 fully saturated rings. The molecule has 26 heavy (non-hydrogen) atoms. The molecule has 3 aromatic rings. The van der Waals surface area contributed by atoms with Crippen LogP contribution in [-0.4, -0.2) is 22.1 Å². The van der Waals surface area contributed by atoms with E-state index in [1.165, 1.54) is 12.1 Å². The van der Waals surface area contributed by atoms with Crippen LogP contribution in [0, 0.1) is 12.7 Å². The van der Waals surface area contributed by atoms with E-state index in [1.54, 1.807) is 27.8 Å². The summed E-state index contributed by atoms with van der Waals surface area (Å²) in [5, 5.41) is 0. The summed E-state index contributed by atoms with van der Waals surface area (Å²) >= 11 is 0. The first-order valence-corrected chi connectivity index (χ1v) is 8.44. The first-order chi connectivity index (χ1) is 12.6. The molecule has 1 amide bonds. The molecular weight excluding hydrogens is 333 g/mol. The lowest BCUT2D eigenvalue weighted by Crippen LogP contribution is -2.41. The maximum Gasteiger partial charge on any atom is 0.334 e. The van der Waals surface area contributed by atoms with Crippen molar-refractivity contribution >= 4 is 11.7 Å². The fourth-order valence-electron chi connectivity index (χ4n) is 2.97. The van der Waals surface area contributed by atoms with Crippen molar-refractivity contribution < 1.29 is 13.9 Å². The number of rotatable bonds is 4. The van der Waals surface area contributed by atoms with Crippen LogP contribution in [0.1, 0.15) is 17.1 Å². The first kappa shape index (κ1) is 16.3. The molecule has 5 nitrogen and oxygen atoms in total. The van der Waals surface area contributed by atoms with E-state index < -0.39 is 0 Å². The molecular formula is C20H18FN3O2. The van der Waals surface area contributed by atoms with E-state index in [-0.39, 0.29) is 18.5 Å². The Morgan fingerprint density at radius 1 is 1.12 bits per heavy atom. The second-order valence-electron chi connectivity index (χ2n) is 6.28. The maximum atomic E-state index is 12.9. The number of aryl methyl sites for hydroxylation is 1. The Kier molecular flexibility index (Phi) is 4.16. The molecule has 0 unspecified atom stereocenters. The molecule has 2 heterocycles. The second kappa shape index (κ2) is 6.63. The minimum Gasteiger partial charge on any atom is -0.487 e. The van der Waals surface area contributed by atoms with Gasteiger partial charge in [0, 0.05) is 24.8 Å². The molecule has 6 heteroatoms. The molecule has 0 saturated carbocycles. The molecule has 0 N–H and O–H groups in total. The zero-order valence-corrected chi connectivity index (χ0v) is 14.4. The fourth-order valence-corrected chi connectivity index (χ4v) is 2.97. The lowest BCUT2D eigenvalue weighted by atomic mass is 10.2. The number of fused-ring (bicyclic) bond motifs is 1. The van der Waals surface area contributed by atoms with E-state index in [0.717, 1.165) is 17.1 Å². The van der Waals surface area contributed by atoms with E-state index in [2.05, 4.69) is 4.98 Å². The molecule has 0 atom stereocenters. The van der Waals surface area contributed by atoms with Crippen LogP contribution < -0.4 is 9.64 Å². The van der Waals surface area contributed by atoms with Crippen molar-refractivity contribution in [3.8, 4) is 5.75 Å². The zero-order valence-electron chi connectivity index (χ0n) is 14.4. The Hall–Kier alpha value is -3.15. The Bertz CT molecular complexity index is 933. The molecule has 0 bridgehead atoms. The number of benzene rings is 2. The van der Waals surface area contributed by atoms with Crippen LogP contribution >= 0.6 is 0 Å². The third kappa shape index (κ3) is 3.18. The number of carbonyl (C=O) groups is 1. The monoisotopic (exact) mass is 351 g/mol. The molecule has 1 aromatic heterocycles. The van der Waals surface area contributed by atoms with E-state index in [4.69, 9.17) is 4.74 Å². The molecule has 132 valence electrons. The van der Waals surface area contributed by atoms with Gasteiger partial charge in [-0.05, 0) is 43.3 Å². The van der Waals surface area contributed by atoms with Crippen LogP contribution in [0.2, 0.25) is 0 Å². The van der Waals surface area contributed by atoms with Gasteiger partial charge in [0.15, 0.2) is 0 Å². The molecule has 1 aliphatic heterocycles. The number of anilines is 1. The highest BCUT2D eigenvalue weighted by atomic mass is 19.1. The van der Waals surface area contributed by atoms with E-state index in [0.29, 0.717) is 24.4 Å². The minimum absolute atomic E-state index is 0.115. The number of nitrogens with zero attached hydrogens (tertiary/aromatic N) is 3. The number of ether oxygens (including phenoxy) is 1. The van der Waals surface area contributed by atoms with Crippen LogP contribution in [0.25, 0.3) is 0 Å². The van der Waals surface area contributed by atoms with Crippen molar-refractivity contribution in [2.75, 3.05) is 11.4 Å². The third-order valence-electron chi connectivity index (χ3n) is 4.37. The van der Waals surface area contributed by atoms with E-state index in [1.807, 2.05) is 31.2 Å². The molecule has 0 radical (unpaired) electrons. The summed E-state index contributed by atoms with van der Waals surface area (Å²) in [5.41, 5.74) is 2.70. The predicted octanol–water partition coefficient (Wildman–Crippen LogP) is 3.94. The average Bonchev–Trinajstić information content (AvgIpc) is 3.07. The normalized spacial score (nSPS) is 13.6. The highest BCUT2D eigenvalue weighted by Crippen LogP contribution is 2.22. The Morgan fingerprint density at radius 3 is 2.58 bits per heavy atom. The topological polar surface area (TPSA) is 47.4 Å². The fraction of sp³-hybridized carbons (Fsp3) is 0.200. The van der Waals surface area contributed by atoms with Crippen molar-refractivity contribution in [2.24, 2.45) is 0 Å². The highest BCUT2D eigenvalue weighted by Gasteiger charge is 2.26. The summed E-state index contributed by atoms with van der Waals surface area (Å²) < 4.78 is 20.1. The second-order valence-corrected chi connectivity index (χ2v) is 6.28. The number of hydrogen-bond acceptors (Lipinski definition) is 3. The van der Waals surface area contributed by atoms with Crippen LogP contribution in [0.3, 0.4) is 0 Å². The average molecular weight is 351 g/mol. The minimum atomic E-state index is -0.309. The van der Waals surface area contributed by atoms with Gasteiger partial charge in [-0.1, -0.05) is 17.7 Å². The molecule has 0 aliphatic carbocycles. The van der Waals surface area contributed by atoms with Gasteiger partial charge in [-0.25, -0.2) is 14.2 Å². The summed E-state index contributed by atoms with van der Waals surface area (Å²) in [7, 11) is 0. The smallest absolute Gasteiger partial charge is 0.334 e. The summed E-state index contributed by atoms with van der Waals surface area (Å²) in [5.74, 6) is 0.984. The largest absolute Gasteiger partial charge is 0.487 e. The predicted molar refractivity (Wildman–Crippen MR) is 96.0 cm³/mol. The quantitative estimate of drug-likeness (QED) is 0.715. The third-order valence-corrected chi connectivity index (χ3v) is 4.37. The first-order valence-electron chi connectivity index (χ1n) is 8.44. The molecule has 0 spiro atoms. The van der Waals surface area contributed by atoms with E-state index >= 15 is 0 Å². The van der Waals surface area contributed by atoms with Gasteiger partial charge in [-0.2, -0.15) is 0 Å². The molecule has 2 aromatic carbocycles. The Balaban J connectivity index is 1.49. The number of amides is 1. The number of aromatic nitrogens is 2. The van der Waals surface area contributed by atoms with Gasteiger partial charge >= 0.3 is 6.03 Å². The van der Waals surface area contributed by atoms with Gasteiger partial charge in [0.2, 0.25) is 0 Å². The van der Waals surface area contributed by atoms with Crippen molar-refractivity contribution in [1.29, 1.82) is 0 Å². The van der Waals surface area contributed by atoms with E-state index in [9.17, 15) is 9.18 Å². The van der Waals surface area contributed by atoms with Crippen LogP contribution in [0.15, 0.2) is 54.7 Å². The Labute approximate surface area is 150 Å². The van der Waals surface area contributed by atoms with Crippen molar-refractivity contribution in [3.05, 3.63) is 77.6 Å². The SMILES string of the molecule is Cc1ccc(N2CCc3nc(COc4ccc(F)cc4)cn3C2=O)cc1. The lowest BCUT2D eigenvalue weighted by molar-refractivity contribution is 0.245. The standard InChI is InChI=1S/C20H18FN3O2/c1-14-2-6-17(7-3-14)23-11-10-19-22-16(12-24(19)20(23)25)13-26-18-8-4-15(21)5-9-18/h2-9,12H,10-11,13H2,1H3. The van der Waals surface area contributed by atoms with Crippen LogP contribution in [-0.2, 0) is 13.0 Å². The maximum absolute atomic E-state index is 12.9. The zero-order chi connectivity index (χ0) is 18.1. The van der Waals surface area contributed by atoms with Gasteiger partial charge in [0.05, 0.1) is 5.69 Å². The van der Waals surface area contributed by atoms with Gasteiger partial charge in [-0.3, -0.25) is 9.47 Å². The number of hydrogen-bond donors (Lipinski definition) is 0. The van der Waals surface area contributed by atoms with Gasteiger partial charge in [-0.15, -0.1) is 0 Å². The van der Waals surface area contributed by atoms with Gasteiger partial charge in [0.25, 0.3) is 0 Å². The van der Waals surface area contributed by atoms with Gasteiger partial charge < -0.3 is 4.74 Å². The van der Waals surface area contributed by atoms with Crippen molar-refractivity contribution in [2.45, 2.75) is 20.0 Å². The summed E-state index contributed by atoms with van der Waals surface area (Å²) in [6, 6.07) is 13.6. The summed E-state index contributed by atoms with van der Waals surface area (Å²) in [4.78, 5) is 19.0. The van der Waals surface area contributed by atoms with Crippen molar-refractivity contribution in [1.82, 2.24) is 9.55 Å². The number of imidazole rings is 1. The van der Waals surface area contributed by atoms with Crippen molar-refractivity contribution in [3.63, 3.8) is 0 Å². The van der Waals surface area contributed by atoms with Crippen LogP contribution in [0.4, 0.5) is 14.9 Å². The molecule has 0 saturated heterocycles. The Morgan fingerprint density at radius 2 is 1.85 bits per heavy atom. The highest BCUT2D eigenvalue weighted by molar-refractivity contribution is 5.94. The molecule has 1 aliphatic rings. The molecule has 4 rings (SSSR count). The number of halogens is 1. The lowest BCUT2D eigenvalue weighted by Gasteiger charge is -2.27. The van der Waals surface area contributed by atoms with Crippen LogP contribution in [0.5, 0.6) is 5.75 Å². The summed E-state index contributed by atoms with van der Waals surface area (Å²) in [6.45, 7) is 2.84.